The summed E-state index contributed by atoms with van der Waals surface area (Å²) >= 11 is 0. The van der Waals surface area contributed by atoms with Crippen molar-refractivity contribution in [1.29, 1.82) is 0 Å². The highest BCUT2D eigenvalue weighted by molar-refractivity contribution is 7.90. The van der Waals surface area contributed by atoms with Crippen LogP contribution >= 0.6 is 0 Å². The maximum atomic E-state index is 13.0. The molecule has 0 spiro atoms. The number of carbonyl (C=O) groups is 1. The van der Waals surface area contributed by atoms with E-state index in [1.54, 1.807) is 29.3 Å². The van der Waals surface area contributed by atoms with Crippen LogP contribution in [0.15, 0.2) is 29.6 Å². The predicted molar refractivity (Wildman–Crippen MR) is 90.6 cm³/mol. The number of hydrogen-bond donors (Lipinski definition) is 1. The molecule has 1 aliphatic heterocycles. The number of nitrogens with zero attached hydrogens (tertiary/aromatic N) is 3. The lowest BCUT2D eigenvalue weighted by atomic mass is 9.79. The van der Waals surface area contributed by atoms with Gasteiger partial charge in [-0.1, -0.05) is 19.9 Å². The first-order valence-electron chi connectivity index (χ1n) is 7.83. The number of nitrogens with two attached hydrogens (primary N) is 1. The second-order valence-electron chi connectivity index (χ2n) is 7.08. The monoisotopic (exact) mass is 350 g/mol. The molecule has 3 heterocycles. The van der Waals surface area contributed by atoms with Gasteiger partial charge >= 0.3 is 0 Å². The van der Waals surface area contributed by atoms with Crippen LogP contribution in [0.2, 0.25) is 0 Å². The Bertz CT molecular complexity index is 901. The molecular weight excluding hydrogens is 328 g/mol. The highest BCUT2D eigenvalue weighted by Gasteiger charge is 2.37. The molecule has 2 aromatic heterocycles. The van der Waals surface area contributed by atoms with Gasteiger partial charge in [-0.15, -0.1) is 0 Å². The minimum absolute atomic E-state index is 0.0341. The van der Waals surface area contributed by atoms with E-state index in [0.717, 1.165) is 6.26 Å². The Morgan fingerprint density at radius 3 is 2.71 bits per heavy atom. The molecule has 0 aliphatic carbocycles. The molecule has 8 heteroatoms. The standard InChI is InChI=1S/C16H22N4O3S/c1-16(2)10-19(9-7-12(16)17)14(21)13-11-6-4-5-8-20(11)15(18-13)24(3,22)23/h4-6,8,12H,7,9-10,17H2,1-3H3. The molecule has 1 amide bonds. The van der Waals surface area contributed by atoms with Gasteiger partial charge < -0.3 is 10.6 Å². The van der Waals surface area contributed by atoms with Crippen LogP contribution in [-0.2, 0) is 9.84 Å². The summed E-state index contributed by atoms with van der Waals surface area (Å²) in [5, 5.41) is -0.116. The SMILES string of the molecule is CC1(C)CN(C(=O)c2nc(S(C)(=O)=O)n3ccccc23)CCC1N. The summed E-state index contributed by atoms with van der Waals surface area (Å²) < 4.78 is 25.4. The lowest BCUT2D eigenvalue weighted by molar-refractivity contribution is 0.0529. The minimum atomic E-state index is -3.54. The Hall–Kier alpha value is -1.93. The number of sulfone groups is 1. The molecule has 7 nitrogen and oxygen atoms in total. The molecule has 1 unspecified atom stereocenters. The van der Waals surface area contributed by atoms with E-state index in [0.29, 0.717) is 25.0 Å². The molecule has 1 fully saturated rings. The fraction of sp³-hybridized carbons (Fsp3) is 0.500. The molecular formula is C16H22N4O3S. The van der Waals surface area contributed by atoms with E-state index < -0.39 is 9.84 Å². The molecule has 0 saturated carbocycles. The van der Waals surface area contributed by atoms with Crippen LogP contribution < -0.4 is 5.73 Å². The van der Waals surface area contributed by atoms with Crippen LogP contribution in [0.25, 0.3) is 5.52 Å². The van der Waals surface area contributed by atoms with Crippen molar-refractivity contribution in [3.05, 3.63) is 30.1 Å². The van der Waals surface area contributed by atoms with E-state index in [1.807, 2.05) is 13.8 Å². The van der Waals surface area contributed by atoms with Crippen molar-refractivity contribution in [2.45, 2.75) is 31.5 Å². The van der Waals surface area contributed by atoms with Crippen LogP contribution in [0, 0.1) is 5.41 Å². The Balaban J connectivity index is 2.05. The third kappa shape index (κ3) is 2.80. The molecule has 0 bridgehead atoms. The number of hydrogen-bond acceptors (Lipinski definition) is 5. The van der Waals surface area contributed by atoms with Gasteiger partial charge in [0.15, 0.2) is 5.69 Å². The van der Waals surface area contributed by atoms with E-state index in [-0.39, 0.29) is 28.2 Å². The molecule has 2 N–H and O–H groups in total. The van der Waals surface area contributed by atoms with Crippen molar-refractivity contribution in [3.63, 3.8) is 0 Å². The molecule has 1 aliphatic rings. The van der Waals surface area contributed by atoms with Crippen molar-refractivity contribution < 1.29 is 13.2 Å². The summed E-state index contributed by atoms with van der Waals surface area (Å²) in [5.74, 6) is -0.256. The summed E-state index contributed by atoms with van der Waals surface area (Å²) in [4.78, 5) is 18.8. The number of rotatable bonds is 2. The first-order chi connectivity index (χ1) is 11.1. The van der Waals surface area contributed by atoms with Crippen molar-refractivity contribution in [2.75, 3.05) is 19.3 Å². The average molecular weight is 350 g/mol. The first kappa shape index (κ1) is 16.9. The van der Waals surface area contributed by atoms with E-state index in [4.69, 9.17) is 5.73 Å². The van der Waals surface area contributed by atoms with Gasteiger partial charge in [-0.2, -0.15) is 0 Å². The Morgan fingerprint density at radius 1 is 1.38 bits per heavy atom. The van der Waals surface area contributed by atoms with Gasteiger partial charge in [0.2, 0.25) is 15.0 Å². The number of aromatic nitrogens is 2. The lowest BCUT2D eigenvalue weighted by Gasteiger charge is -2.42. The normalized spacial score (nSPS) is 21.2. The van der Waals surface area contributed by atoms with E-state index in [2.05, 4.69) is 4.98 Å². The van der Waals surface area contributed by atoms with Gasteiger partial charge in [0.1, 0.15) is 0 Å². The second kappa shape index (κ2) is 5.56. The third-order valence-electron chi connectivity index (χ3n) is 4.65. The topological polar surface area (TPSA) is 97.8 Å². The maximum Gasteiger partial charge on any atom is 0.274 e. The Labute approximate surface area is 141 Å². The predicted octanol–water partition coefficient (Wildman–Crippen LogP) is 0.937. The van der Waals surface area contributed by atoms with Crippen LogP contribution in [0.5, 0.6) is 0 Å². The van der Waals surface area contributed by atoms with Gasteiger partial charge in [0, 0.05) is 31.6 Å². The van der Waals surface area contributed by atoms with Gasteiger partial charge in [0.25, 0.3) is 5.91 Å². The summed E-state index contributed by atoms with van der Waals surface area (Å²) in [7, 11) is -3.54. The molecule has 0 aromatic carbocycles. The van der Waals surface area contributed by atoms with Crippen molar-refractivity contribution in [2.24, 2.45) is 11.1 Å². The zero-order valence-corrected chi connectivity index (χ0v) is 14.9. The molecule has 1 atom stereocenters. The number of amides is 1. The van der Waals surface area contributed by atoms with Crippen molar-refractivity contribution in [1.82, 2.24) is 14.3 Å². The first-order valence-corrected chi connectivity index (χ1v) is 9.72. The fourth-order valence-electron chi connectivity index (χ4n) is 3.13. The highest BCUT2D eigenvalue weighted by Crippen LogP contribution is 2.29. The Kier molecular flexibility index (Phi) is 3.92. The van der Waals surface area contributed by atoms with Gasteiger partial charge in [-0.25, -0.2) is 13.4 Å². The molecule has 0 radical (unpaired) electrons. The van der Waals surface area contributed by atoms with Crippen LogP contribution in [0.4, 0.5) is 0 Å². The van der Waals surface area contributed by atoms with E-state index in [1.165, 1.54) is 4.40 Å². The summed E-state index contributed by atoms with van der Waals surface area (Å²) in [5.41, 5.74) is 6.60. The Morgan fingerprint density at radius 2 is 2.08 bits per heavy atom. The number of likely N-dealkylation sites (tertiary alicyclic amines) is 1. The van der Waals surface area contributed by atoms with Crippen LogP contribution in [-0.4, -0.2) is 54.0 Å². The zero-order valence-electron chi connectivity index (χ0n) is 14.1. The number of fused-ring (bicyclic) bond motifs is 1. The van der Waals surface area contributed by atoms with Crippen molar-refractivity contribution >= 4 is 21.3 Å². The fourth-order valence-corrected chi connectivity index (χ4v) is 3.90. The smallest absolute Gasteiger partial charge is 0.274 e. The average Bonchev–Trinajstić information content (AvgIpc) is 2.89. The molecule has 1 saturated heterocycles. The number of piperidine rings is 1. The second-order valence-corrected chi connectivity index (χ2v) is 8.99. The quantitative estimate of drug-likeness (QED) is 0.869. The largest absolute Gasteiger partial charge is 0.337 e. The maximum absolute atomic E-state index is 13.0. The minimum Gasteiger partial charge on any atom is -0.337 e. The zero-order chi connectivity index (χ0) is 17.7. The van der Waals surface area contributed by atoms with Crippen molar-refractivity contribution in [3.8, 4) is 0 Å². The van der Waals surface area contributed by atoms with Gasteiger partial charge in [-0.3, -0.25) is 9.20 Å². The summed E-state index contributed by atoms with van der Waals surface area (Å²) in [6.07, 6.45) is 3.40. The van der Waals surface area contributed by atoms with Crippen LogP contribution in [0.3, 0.4) is 0 Å². The number of carbonyl (C=O) groups excluding carboxylic acids is 1. The summed E-state index contributed by atoms with van der Waals surface area (Å²) in [6.45, 7) is 5.13. The van der Waals surface area contributed by atoms with Gasteiger partial charge in [0.05, 0.1) is 5.52 Å². The highest BCUT2D eigenvalue weighted by atomic mass is 32.2. The molecule has 3 rings (SSSR count). The van der Waals surface area contributed by atoms with Gasteiger partial charge in [-0.05, 0) is 24.0 Å². The molecule has 2 aromatic rings. The summed E-state index contributed by atoms with van der Waals surface area (Å²) in [6, 6.07) is 5.21. The van der Waals surface area contributed by atoms with E-state index >= 15 is 0 Å². The molecule has 24 heavy (non-hydrogen) atoms. The number of imidazole rings is 1. The number of pyridine rings is 1. The third-order valence-corrected chi connectivity index (χ3v) is 5.60. The van der Waals surface area contributed by atoms with E-state index in [9.17, 15) is 13.2 Å². The molecule has 130 valence electrons. The lowest BCUT2D eigenvalue weighted by Crippen LogP contribution is -2.54. The van der Waals surface area contributed by atoms with Crippen LogP contribution in [0.1, 0.15) is 30.8 Å².